The summed E-state index contributed by atoms with van der Waals surface area (Å²) in [5, 5.41) is 20.0. The fourth-order valence-corrected chi connectivity index (χ4v) is 3.07. The van der Waals surface area contributed by atoms with Crippen molar-refractivity contribution in [2.24, 2.45) is 10.8 Å². The Morgan fingerprint density at radius 1 is 1.15 bits per heavy atom. The van der Waals surface area contributed by atoms with Crippen LogP contribution in [0, 0.1) is 10.8 Å². The fourth-order valence-electron chi connectivity index (χ4n) is 3.07. The molecule has 2 rings (SSSR count). The summed E-state index contributed by atoms with van der Waals surface area (Å²) in [6.45, 7) is 4.37. The maximum Gasteiger partial charge on any atom is 0.309 e. The SMILES string of the molecule is CC1(C)CCC(CC(O)c2ccccc2)(C(=O)O)CC1. The molecule has 1 unspecified atom stereocenters. The van der Waals surface area contributed by atoms with Crippen molar-refractivity contribution >= 4 is 5.97 Å². The predicted molar refractivity (Wildman–Crippen MR) is 78.3 cm³/mol. The molecule has 20 heavy (non-hydrogen) atoms. The van der Waals surface area contributed by atoms with Gasteiger partial charge in [0.2, 0.25) is 0 Å². The van der Waals surface area contributed by atoms with Gasteiger partial charge in [-0.1, -0.05) is 44.2 Å². The van der Waals surface area contributed by atoms with Crippen molar-refractivity contribution in [2.45, 2.75) is 52.1 Å². The van der Waals surface area contributed by atoms with Crippen molar-refractivity contribution in [1.82, 2.24) is 0 Å². The molecule has 1 aromatic carbocycles. The second kappa shape index (κ2) is 5.57. The summed E-state index contributed by atoms with van der Waals surface area (Å²) >= 11 is 0. The summed E-state index contributed by atoms with van der Waals surface area (Å²) in [6.07, 6.45) is 2.72. The highest BCUT2D eigenvalue weighted by atomic mass is 16.4. The molecule has 3 nitrogen and oxygen atoms in total. The molecular formula is C17H24O3. The van der Waals surface area contributed by atoms with Gasteiger partial charge in [-0.3, -0.25) is 4.79 Å². The summed E-state index contributed by atoms with van der Waals surface area (Å²) < 4.78 is 0. The molecule has 1 aromatic rings. The van der Waals surface area contributed by atoms with Crippen molar-refractivity contribution in [3.8, 4) is 0 Å². The van der Waals surface area contributed by atoms with E-state index in [1.807, 2.05) is 30.3 Å². The Balaban J connectivity index is 2.13. The molecule has 0 bridgehead atoms. The molecule has 0 amide bonds. The van der Waals surface area contributed by atoms with Crippen LogP contribution in [-0.4, -0.2) is 16.2 Å². The largest absolute Gasteiger partial charge is 0.481 e. The van der Waals surface area contributed by atoms with E-state index in [0.29, 0.717) is 19.3 Å². The monoisotopic (exact) mass is 276 g/mol. The van der Waals surface area contributed by atoms with Crippen molar-refractivity contribution in [2.75, 3.05) is 0 Å². The molecule has 1 saturated carbocycles. The lowest BCUT2D eigenvalue weighted by atomic mass is 9.63. The number of hydrogen-bond acceptors (Lipinski definition) is 2. The van der Waals surface area contributed by atoms with Gasteiger partial charge in [-0.25, -0.2) is 0 Å². The van der Waals surface area contributed by atoms with Crippen LogP contribution in [0.2, 0.25) is 0 Å². The molecule has 2 N–H and O–H groups in total. The van der Waals surface area contributed by atoms with Gasteiger partial charge >= 0.3 is 5.97 Å². The predicted octanol–water partition coefficient (Wildman–Crippen LogP) is 3.78. The summed E-state index contributed by atoms with van der Waals surface area (Å²) in [7, 11) is 0. The van der Waals surface area contributed by atoms with Gasteiger partial charge in [0.05, 0.1) is 11.5 Å². The third kappa shape index (κ3) is 3.21. The van der Waals surface area contributed by atoms with Crippen LogP contribution in [-0.2, 0) is 4.79 Å². The highest BCUT2D eigenvalue weighted by Crippen LogP contribution is 2.49. The van der Waals surface area contributed by atoms with Gasteiger partial charge in [-0.2, -0.15) is 0 Å². The van der Waals surface area contributed by atoms with Gasteiger partial charge in [0.1, 0.15) is 0 Å². The Morgan fingerprint density at radius 2 is 1.70 bits per heavy atom. The number of aliphatic hydroxyl groups excluding tert-OH is 1. The minimum absolute atomic E-state index is 0.219. The molecule has 0 radical (unpaired) electrons. The second-order valence-corrected chi connectivity index (χ2v) is 6.88. The first kappa shape index (κ1) is 15.0. The van der Waals surface area contributed by atoms with E-state index < -0.39 is 17.5 Å². The molecule has 0 heterocycles. The summed E-state index contributed by atoms with van der Waals surface area (Å²) in [4.78, 5) is 11.7. The van der Waals surface area contributed by atoms with E-state index in [0.717, 1.165) is 18.4 Å². The van der Waals surface area contributed by atoms with E-state index in [2.05, 4.69) is 13.8 Å². The number of rotatable bonds is 4. The first-order valence-corrected chi connectivity index (χ1v) is 7.31. The number of benzene rings is 1. The van der Waals surface area contributed by atoms with E-state index in [4.69, 9.17) is 0 Å². The zero-order chi connectivity index (χ0) is 14.8. The van der Waals surface area contributed by atoms with Crippen molar-refractivity contribution in [1.29, 1.82) is 0 Å². The molecule has 1 fully saturated rings. The quantitative estimate of drug-likeness (QED) is 0.879. The molecule has 1 atom stereocenters. The highest BCUT2D eigenvalue weighted by molar-refractivity contribution is 5.74. The minimum atomic E-state index is -0.773. The summed E-state index contributed by atoms with van der Waals surface area (Å²) in [5.74, 6) is -0.761. The Kier molecular flexibility index (Phi) is 4.19. The van der Waals surface area contributed by atoms with Crippen LogP contribution in [0.15, 0.2) is 30.3 Å². The highest BCUT2D eigenvalue weighted by Gasteiger charge is 2.45. The molecule has 0 spiro atoms. The molecule has 1 aliphatic carbocycles. The topological polar surface area (TPSA) is 57.5 Å². The van der Waals surface area contributed by atoms with E-state index in [1.165, 1.54) is 0 Å². The van der Waals surface area contributed by atoms with Gasteiger partial charge in [-0.05, 0) is 43.1 Å². The van der Waals surface area contributed by atoms with Gasteiger partial charge in [0, 0.05) is 0 Å². The first-order chi connectivity index (χ1) is 9.35. The number of carbonyl (C=O) groups is 1. The Bertz CT molecular complexity index is 454. The maximum atomic E-state index is 11.7. The third-order valence-corrected chi connectivity index (χ3v) is 4.78. The van der Waals surface area contributed by atoms with Crippen LogP contribution in [0.25, 0.3) is 0 Å². The number of carboxylic acid groups (broad SMARTS) is 1. The standard InChI is InChI=1S/C17H24O3/c1-16(2)8-10-17(11-9-16,15(19)20)12-14(18)13-6-4-3-5-7-13/h3-7,14,18H,8-12H2,1-2H3,(H,19,20). The van der Waals surface area contributed by atoms with Gasteiger partial charge in [0.25, 0.3) is 0 Å². The van der Waals surface area contributed by atoms with Crippen LogP contribution in [0.5, 0.6) is 0 Å². The second-order valence-electron chi connectivity index (χ2n) is 6.88. The summed E-state index contributed by atoms with van der Waals surface area (Å²) in [5.41, 5.74) is 0.250. The van der Waals surface area contributed by atoms with Crippen LogP contribution in [0.4, 0.5) is 0 Å². The lowest BCUT2D eigenvalue weighted by Gasteiger charge is -2.41. The normalized spacial score (nSPS) is 22.1. The van der Waals surface area contributed by atoms with Crippen LogP contribution in [0.1, 0.15) is 57.6 Å². The summed E-state index contributed by atoms with van der Waals surface area (Å²) in [6, 6.07) is 9.35. The lowest BCUT2D eigenvalue weighted by Crippen LogP contribution is -2.39. The smallest absolute Gasteiger partial charge is 0.309 e. The van der Waals surface area contributed by atoms with E-state index >= 15 is 0 Å². The Morgan fingerprint density at radius 3 is 2.20 bits per heavy atom. The lowest BCUT2D eigenvalue weighted by molar-refractivity contribution is -0.155. The number of aliphatic carboxylic acids is 1. The zero-order valence-electron chi connectivity index (χ0n) is 12.3. The zero-order valence-corrected chi connectivity index (χ0v) is 12.3. The van der Waals surface area contributed by atoms with Crippen molar-refractivity contribution < 1.29 is 15.0 Å². The minimum Gasteiger partial charge on any atom is -0.481 e. The van der Waals surface area contributed by atoms with E-state index in [-0.39, 0.29) is 5.41 Å². The number of hydrogen-bond donors (Lipinski definition) is 2. The molecule has 1 aliphatic rings. The maximum absolute atomic E-state index is 11.7. The first-order valence-electron chi connectivity index (χ1n) is 7.31. The van der Waals surface area contributed by atoms with Gasteiger partial charge < -0.3 is 10.2 Å². The average Bonchev–Trinajstić information content (AvgIpc) is 2.42. The van der Waals surface area contributed by atoms with Crippen LogP contribution >= 0.6 is 0 Å². The Labute approximate surface area is 120 Å². The van der Waals surface area contributed by atoms with E-state index in [1.54, 1.807) is 0 Å². The van der Waals surface area contributed by atoms with Gasteiger partial charge in [-0.15, -0.1) is 0 Å². The average molecular weight is 276 g/mol. The number of carboxylic acids is 1. The molecule has 3 heteroatoms. The van der Waals surface area contributed by atoms with E-state index in [9.17, 15) is 15.0 Å². The fraction of sp³-hybridized carbons (Fsp3) is 0.588. The molecule has 110 valence electrons. The Hall–Kier alpha value is -1.35. The van der Waals surface area contributed by atoms with Crippen molar-refractivity contribution in [3.63, 3.8) is 0 Å². The van der Waals surface area contributed by atoms with Gasteiger partial charge in [0.15, 0.2) is 0 Å². The molecular weight excluding hydrogens is 252 g/mol. The van der Waals surface area contributed by atoms with Crippen LogP contribution < -0.4 is 0 Å². The van der Waals surface area contributed by atoms with Crippen LogP contribution in [0.3, 0.4) is 0 Å². The van der Waals surface area contributed by atoms with Crippen molar-refractivity contribution in [3.05, 3.63) is 35.9 Å². The third-order valence-electron chi connectivity index (χ3n) is 4.78. The number of aliphatic hydroxyl groups is 1. The molecule has 0 aliphatic heterocycles. The molecule has 0 saturated heterocycles. The molecule has 0 aromatic heterocycles.